The average molecular weight is 537 g/mol. The third-order valence-corrected chi connectivity index (χ3v) is 7.10. The SMILES string of the molecule is Clc1ccc(-c2nc3cc(SOSc4ccc5oc(-c6ccc(Cl)cc6)nc5c4)ccc3o2)cc1. The van der Waals surface area contributed by atoms with E-state index in [4.69, 9.17) is 35.7 Å². The van der Waals surface area contributed by atoms with Gasteiger partial charge in [-0.05, 0) is 84.9 Å². The summed E-state index contributed by atoms with van der Waals surface area (Å²) in [6, 6.07) is 26.3. The Hall–Kier alpha value is -2.94. The summed E-state index contributed by atoms with van der Waals surface area (Å²) in [6.45, 7) is 0. The highest BCUT2D eigenvalue weighted by Crippen LogP contribution is 2.34. The van der Waals surface area contributed by atoms with Crippen LogP contribution in [0, 0.1) is 0 Å². The molecule has 5 nitrogen and oxygen atoms in total. The first-order valence-corrected chi connectivity index (χ1v) is 12.7. The van der Waals surface area contributed by atoms with E-state index in [0.29, 0.717) is 33.0 Å². The maximum Gasteiger partial charge on any atom is 0.227 e. The first kappa shape index (κ1) is 22.5. The van der Waals surface area contributed by atoms with Crippen molar-refractivity contribution >= 4 is 69.5 Å². The highest BCUT2D eigenvalue weighted by atomic mass is 35.5. The van der Waals surface area contributed by atoms with Crippen LogP contribution in [0.5, 0.6) is 0 Å². The molecule has 0 unspecified atom stereocenters. The van der Waals surface area contributed by atoms with E-state index in [1.807, 2.05) is 84.9 Å². The van der Waals surface area contributed by atoms with Gasteiger partial charge in [-0.2, -0.15) is 0 Å². The van der Waals surface area contributed by atoms with Crippen molar-refractivity contribution in [3.05, 3.63) is 95.0 Å². The van der Waals surface area contributed by atoms with Gasteiger partial charge in [-0.15, -0.1) is 0 Å². The maximum absolute atomic E-state index is 5.97. The Labute approximate surface area is 218 Å². The number of aromatic nitrogens is 2. The molecule has 35 heavy (non-hydrogen) atoms. The predicted molar refractivity (Wildman–Crippen MR) is 142 cm³/mol. The summed E-state index contributed by atoms with van der Waals surface area (Å²) in [6.07, 6.45) is 0. The number of nitrogens with zero attached hydrogens (tertiary/aromatic N) is 2. The highest BCUT2D eigenvalue weighted by molar-refractivity contribution is 8.07. The molecule has 172 valence electrons. The zero-order chi connectivity index (χ0) is 23.8. The van der Waals surface area contributed by atoms with Gasteiger partial charge in [0.2, 0.25) is 11.8 Å². The number of benzene rings is 4. The third kappa shape index (κ3) is 4.91. The highest BCUT2D eigenvalue weighted by Gasteiger charge is 2.11. The fourth-order valence-corrected chi connectivity index (χ4v) is 5.03. The Balaban J connectivity index is 1.14. The van der Waals surface area contributed by atoms with Crippen LogP contribution in [0.15, 0.2) is 104 Å². The number of oxazole rings is 2. The van der Waals surface area contributed by atoms with Crippen LogP contribution in [0.4, 0.5) is 0 Å². The van der Waals surface area contributed by atoms with Crippen molar-refractivity contribution in [2.45, 2.75) is 9.79 Å². The lowest BCUT2D eigenvalue weighted by Gasteiger charge is -2.01. The molecule has 0 bridgehead atoms. The molecule has 0 atom stereocenters. The number of hydrogen-bond acceptors (Lipinski definition) is 7. The van der Waals surface area contributed by atoms with E-state index in [9.17, 15) is 0 Å². The Bertz CT molecular complexity index is 1520. The fraction of sp³-hybridized carbons (Fsp3) is 0. The van der Waals surface area contributed by atoms with Crippen LogP contribution in [0.25, 0.3) is 45.1 Å². The van der Waals surface area contributed by atoms with Crippen molar-refractivity contribution in [3.8, 4) is 22.9 Å². The third-order valence-electron chi connectivity index (χ3n) is 5.16. The van der Waals surface area contributed by atoms with Gasteiger partial charge in [0.15, 0.2) is 11.2 Å². The number of hydrogen-bond donors (Lipinski definition) is 0. The van der Waals surface area contributed by atoms with Crippen LogP contribution in [0.3, 0.4) is 0 Å². The van der Waals surface area contributed by atoms with E-state index < -0.39 is 0 Å². The molecule has 0 aliphatic heterocycles. The van der Waals surface area contributed by atoms with Crippen molar-refractivity contribution in [1.29, 1.82) is 0 Å². The molecule has 0 radical (unpaired) electrons. The van der Waals surface area contributed by atoms with E-state index in [0.717, 1.165) is 32.0 Å². The Morgan fingerprint density at radius 1 is 0.571 bits per heavy atom. The van der Waals surface area contributed by atoms with Gasteiger partial charge in [0, 0.05) is 55.0 Å². The Morgan fingerprint density at radius 2 is 1.00 bits per heavy atom. The smallest absolute Gasteiger partial charge is 0.227 e. The molecule has 2 aromatic heterocycles. The lowest BCUT2D eigenvalue weighted by molar-refractivity contribution is 0.619. The van der Waals surface area contributed by atoms with Gasteiger partial charge in [-0.25, -0.2) is 13.6 Å². The molecule has 2 heterocycles. The van der Waals surface area contributed by atoms with Crippen molar-refractivity contribution in [3.63, 3.8) is 0 Å². The Morgan fingerprint density at radius 3 is 1.43 bits per heavy atom. The summed E-state index contributed by atoms with van der Waals surface area (Å²) in [7, 11) is 0. The van der Waals surface area contributed by atoms with Gasteiger partial charge in [0.1, 0.15) is 11.0 Å². The first-order chi connectivity index (χ1) is 17.1. The molecule has 0 fully saturated rings. The van der Waals surface area contributed by atoms with Crippen molar-refractivity contribution in [1.82, 2.24) is 9.97 Å². The van der Waals surface area contributed by atoms with Crippen LogP contribution < -0.4 is 0 Å². The van der Waals surface area contributed by atoms with E-state index in [2.05, 4.69) is 9.97 Å². The molecule has 0 aliphatic rings. The average Bonchev–Trinajstić information content (AvgIpc) is 3.48. The second-order valence-electron chi connectivity index (χ2n) is 7.55. The lowest BCUT2D eigenvalue weighted by atomic mass is 10.2. The molecular weight excluding hydrogens is 523 g/mol. The molecule has 0 saturated carbocycles. The monoisotopic (exact) mass is 536 g/mol. The molecule has 0 amide bonds. The maximum atomic E-state index is 5.97. The van der Waals surface area contributed by atoms with Crippen molar-refractivity contribution < 1.29 is 12.5 Å². The summed E-state index contributed by atoms with van der Waals surface area (Å²) in [5.74, 6) is 1.10. The van der Waals surface area contributed by atoms with Crippen LogP contribution in [0.1, 0.15) is 0 Å². The molecule has 6 aromatic rings. The quantitative estimate of drug-likeness (QED) is 0.196. The zero-order valence-corrected chi connectivity index (χ0v) is 20.9. The van der Waals surface area contributed by atoms with Gasteiger partial charge < -0.3 is 8.83 Å². The first-order valence-electron chi connectivity index (χ1n) is 10.4. The van der Waals surface area contributed by atoms with Gasteiger partial charge in [-0.1, -0.05) is 23.2 Å². The van der Waals surface area contributed by atoms with Gasteiger partial charge >= 0.3 is 0 Å². The summed E-state index contributed by atoms with van der Waals surface area (Å²) >= 11 is 14.4. The van der Waals surface area contributed by atoms with Crippen LogP contribution in [0.2, 0.25) is 10.0 Å². The van der Waals surface area contributed by atoms with E-state index >= 15 is 0 Å². The normalized spacial score (nSPS) is 11.5. The summed E-state index contributed by atoms with van der Waals surface area (Å²) in [4.78, 5) is 11.0. The van der Waals surface area contributed by atoms with Crippen molar-refractivity contribution in [2.75, 3.05) is 0 Å². The van der Waals surface area contributed by atoms with Crippen LogP contribution in [-0.4, -0.2) is 9.97 Å². The number of rotatable bonds is 6. The van der Waals surface area contributed by atoms with Crippen LogP contribution >= 0.6 is 47.3 Å². The molecule has 0 N–H and O–H groups in total. The fourth-order valence-electron chi connectivity index (χ4n) is 3.45. The number of halogens is 2. The minimum absolute atomic E-state index is 0.549. The second kappa shape index (κ2) is 9.60. The standard InChI is InChI=1S/C26H14Cl2N2O3S2/c27-17-5-1-15(2-6-17)25-29-21-13-19(9-11-23(21)31-25)34-33-35-20-10-12-24-22(14-20)30-26(32-24)16-3-7-18(28)8-4-16/h1-14H. The molecule has 0 aliphatic carbocycles. The largest absolute Gasteiger partial charge is 0.436 e. The van der Waals surface area contributed by atoms with Gasteiger partial charge in [0.25, 0.3) is 0 Å². The topological polar surface area (TPSA) is 61.3 Å². The Kier molecular flexibility index (Phi) is 6.18. The minimum Gasteiger partial charge on any atom is -0.436 e. The lowest BCUT2D eigenvalue weighted by Crippen LogP contribution is -1.77. The number of fused-ring (bicyclic) bond motifs is 2. The summed E-state index contributed by atoms with van der Waals surface area (Å²) in [5.41, 5.74) is 4.67. The zero-order valence-electron chi connectivity index (χ0n) is 17.8. The molecule has 0 spiro atoms. The van der Waals surface area contributed by atoms with Gasteiger partial charge in [-0.3, -0.25) is 0 Å². The summed E-state index contributed by atoms with van der Waals surface area (Å²) in [5, 5.41) is 1.34. The molecule has 6 rings (SSSR count). The molecule has 4 aromatic carbocycles. The van der Waals surface area contributed by atoms with Crippen molar-refractivity contribution in [2.24, 2.45) is 0 Å². The van der Waals surface area contributed by atoms with E-state index in [1.165, 1.54) is 24.1 Å². The van der Waals surface area contributed by atoms with E-state index in [1.54, 1.807) is 0 Å². The van der Waals surface area contributed by atoms with E-state index in [-0.39, 0.29) is 0 Å². The molecular formula is C26H14Cl2N2O3S2. The minimum atomic E-state index is 0.549. The molecule has 0 saturated heterocycles. The molecule has 9 heteroatoms. The van der Waals surface area contributed by atoms with Gasteiger partial charge in [0.05, 0.1) is 0 Å². The summed E-state index contributed by atoms with van der Waals surface area (Å²) < 4.78 is 17.5. The second-order valence-corrected chi connectivity index (χ2v) is 10.2. The predicted octanol–water partition coefficient (Wildman–Crippen LogP) is 9.34. The van der Waals surface area contributed by atoms with Crippen LogP contribution in [-0.2, 0) is 3.63 Å².